The molecule has 0 aliphatic carbocycles. The molecule has 104 valence electrons. The van der Waals surface area contributed by atoms with E-state index < -0.39 is 6.09 Å². The van der Waals surface area contributed by atoms with Gasteiger partial charge in [0.1, 0.15) is 0 Å². The van der Waals surface area contributed by atoms with Crippen molar-refractivity contribution in [2.45, 2.75) is 13.8 Å². The molecule has 0 saturated heterocycles. The number of anilines is 1. The Balaban J connectivity index is 2.57. The van der Waals surface area contributed by atoms with Gasteiger partial charge in [0.15, 0.2) is 0 Å². The van der Waals surface area contributed by atoms with Crippen LogP contribution in [0.5, 0.6) is 0 Å². The van der Waals surface area contributed by atoms with E-state index in [2.05, 4.69) is 5.32 Å². The van der Waals surface area contributed by atoms with E-state index in [0.29, 0.717) is 24.7 Å². The van der Waals surface area contributed by atoms with Crippen molar-refractivity contribution in [2.75, 3.05) is 24.6 Å². The fourth-order valence-electron chi connectivity index (χ4n) is 1.54. The number of nitrogens with zero attached hydrogens (tertiary/aromatic N) is 1. The molecule has 5 nitrogen and oxygen atoms in total. The summed E-state index contributed by atoms with van der Waals surface area (Å²) in [7, 11) is 0. The maximum absolute atomic E-state index is 11.6. The molecule has 0 saturated carbocycles. The molecule has 1 N–H and O–H groups in total. The van der Waals surface area contributed by atoms with Crippen molar-refractivity contribution in [1.82, 2.24) is 5.32 Å². The number of rotatable bonds is 5. The highest BCUT2D eigenvalue weighted by atomic mass is 35.5. The smallest absolute Gasteiger partial charge is 0.407 e. The molecule has 0 aliphatic rings. The first kappa shape index (κ1) is 15.3. The Bertz CT molecular complexity index is 434. The third-order valence-corrected chi connectivity index (χ3v) is 2.65. The number of amides is 2. The van der Waals surface area contributed by atoms with E-state index in [1.54, 1.807) is 36.1 Å². The van der Waals surface area contributed by atoms with E-state index in [0.717, 1.165) is 5.69 Å². The number of carbonyl (C=O) groups is 2. The van der Waals surface area contributed by atoms with Crippen LogP contribution in [0.25, 0.3) is 0 Å². The molecular formula is C13H17ClN2O3. The van der Waals surface area contributed by atoms with Gasteiger partial charge in [-0.25, -0.2) is 4.79 Å². The van der Waals surface area contributed by atoms with Crippen molar-refractivity contribution in [2.24, 2.45) is 0 Å². The zero-order valence-electron chi connectivity index (χ0n) is 11.0. The molecule has 19 heavy (non-hydrogen) atoms. The molecule has 0 aliphatic heterocycles. The number of ether oxygens (including phenoxy) is 1. The van der Waals surface area contributed by atoms with Crippen molar-refractivity contribution in [3.63, 3.8) is 0 Å². The Morgan fingerprint density at radius 1 is 1.32 bits per heavy atom. The Labute approximate surface area is 117 Å². The third kappa shape index (κ3) is 5.18. The fourth-order valence-corrected chi connectivity index (χ4v) is 1.67. The largest absolute Gasteiger partial charge is 0.450 e. The van der Waals surface area contributed by atoms with Gasteiger partial charge in [0, 0.05) is 30.7 Å². The molecule has 1 aromatic rings. The van der Waals surface area contributed by atoms with Crippen LogP contribution in [-0.2, 0) is 9.53 Å². The van der Waals surface area contributed by atoms with Gasteiger partial charge in [-0.15, -0.1) is 0 Å². The summed E-state index contributed by atoms with van der Waals surface area (Å²) < 4.78 is 4.73. The Hall–Kier alpha value is -1.75. The van der Waals surface area contributed by atoms with Gasteiger partial charge in [-0.3, -0.25) is 4.79 Å². The topological polar surface area (TPSA) is 58.6 Å². The summed E-state index contributed by atoms with van der Waals surface area (Å²) in [6.07, 6.45) is -0.484. The number of halogens is 1. The number of alkyl carbamates (subject to hydrolysis) is 1. The quantitative estimate of drug-likeness (QED) is 0.903. The van der Waals surface area contributed by atoms with E-state index in [9.17, 15) is 9.59 Å². The van der Waals surface area contributed by atoms with Gasteiger partial charge in [0.2, 0.25) is 5.91 Å². The minimum absolute atomic E-state index is 0.104. The second-order valence-corrected chi connectivity index (χ2v) is 4.23. The van der Waals surface area contributed by atoms with Crippen LogP contribution in [0.1, 0.15) is 13.8 Å². The van der Waals surface area contributed by atoms with E-state index in [-0.39, 0.29) is 5.91 Å². The lowest BCUT2D eigenvalue weighted by molar-refractivity contribution is -0.116. The summed E-state index contributed by atoms with van der Waals surface area (Å²) in [5, 5.41) is 3.18. The summed E-state index contributed by atoms with van der Waals surface area (Å²) in [5.41, 5.74) is 0.738. The first-order valence-corrected chi connectivity index (χ1v) is 6.36. The third-order valence-electron chi connectivity index (χ3n) is 2.40. The van der Waals surface area contributed by atoms with Crippen LogP contribution >= 0.6 is 11.6 Å². The number of hydrogen-bond acceptors (Lipinski definition) is 3. The molecule has 1 rings (SSSR count). The average molecular weight is 285 g/mol. The fraction of sp³-hybridized carbons (Fsp3) is 0.385. The number of carbonyl (C=O) groups excluding carboxylic acids is 2. The summed E-state index contributed by atoms with van der Waals surface area (Å²) in [6.45, 7) is 4.21. The van der Waals surface area contributed by atoms with E-state index in [1.165, 1.54) is 6.92 Å². The molecule has 6 heteroatoms. The second kappa shape index (κ2) is 7.63. The molecule has 0 fully saturated rings. The highest BCUT2D eigenvalue weighted by Gasteiger charge is 2.11. The minimum atomic E-state index is -0.484. The molecule has 1 aromatic carbocycles. The molecule has 0 heterocycles. The number of nitrogens with one attached hydrogen (secondary N) is 1. The van der Waals surface area contributed by atoms with Gasteiger partial charge in [0.25, 0.3) is 0 Å². The molecule has 0 unspecified atom stereocenters. The first-order valence-electron chi connectivity index (χ1n) is 5.99. The van der Waals surface area contributed by atoms with E-state index >= 15 is 0 Å². The maximum atomic E-state index is 11.6. The van der Waals surface area contributed by atoms with Crippen LogP contribution in [0.4, 0.5) is 10.5 Å². The first-order chi connectivity index (χ1) is 9.04. The van der Waals surface area contributed by atoms with Crippen molar-refractivity contribution in [1.29, 1.82) is 0 Å². The van der Waals surface area contributed by atoms with Gasteiger partial charge in [-0.05, 0) is 31.2 Å². The molecule has 2 amide bonds. The van der Waals surface area contributed by atoms with Gasteiger partial charge < -0.3 is 15.0 Å². The SMILES string of the molecule is CCOC(=O)NCCN(C(C)=O)c1ccc(Cl)cc1. The number of hydrogen-bond donors (Lipinski definition) is 1. The highest BCUT2D eigenvalue weighted by Crippen LogP contribution is 2.17. The number of benzene rings is 1. The van der Waals surface area contributed by atoms with E-state index in [1.807, 2.05) is 0 Å². The highest BCUT2D eigenvalue weighted by molar-refractivity contribution is 6.30. The normalized spacial score (nSPS) is 9.84. The summed E-state index contributed by atoms with van der Waals surface area (Å²) >= 11 is 5.80. The van der Waals surface area contributed by atoms with Crippen LogP contribution in [0.15, 0.2) is 24.3 Å². The zero-order chi connectivity index (χ0) is 14.3. The van der Waals surface area contributed by atoms with Crippen molar-refractivity contribution in [3.05, 3.63) is 29.3 Å². The monoisotopic (exact) mass is 284 g/mol. The Morgan fingerprint density at radius 3 is 2.47 bits per heavy atom. The predicted octanol–water partition coefficient (Wildman–Crippen LogP) is 2.44. The molecule has 0 radical (unpaired) electrons. The average Bonchev–Trinajstić information content (AvgIpc) is 2.36. The predicted molar refractivity (Wildman–Crippen MR) is 74.5 cm³/mol. The van der Waals surface area contributed by atoms with Crippen LogP contribution in [-0.4, -0.2) is 31.7 Å². The van der Waals surface area contributed by atoms with Gasteiger partial charge >= 0.3 is 6.09 Å². The maximum Gasteiger partial charge on any atom is 0.407 e. The summed E-state index contributed by atoms with van der Waals surface area (Å²) in [6, 6.07) is 6.94. The van der Waals surface area contributed by atoms with Crippen LogP contribution in [0, 0.1) is 0 Å². The Kier molecular flexibility index (Phi) is 6.15. The minimum Gasteiger partial charge on any atom is -0.450 e. The van der Waals surface area contributed by atoms with Gasteiger partial charge in [-0.1, -0.05) is 11.6 Å². The van der Waals surface area contributed by atoms with Crippen LogP contribution < -0.4 is 10.2 Å². The van der Waals surface area contributed by atoms with Crippen molar-refractivity contribution in [3.8, 4) is 0 Å². The molecular weight excluding hydrogens is 268 g/mol. The van der Waals surface area contributed by atoms with Gasteiger partial charge in [0.05, 0.1) is 6.61 Å². The van der Waals surface area contributed by atoms with Crippen LogP contribution in [0.2, 0.25) is 5.02 Å². The molecule has 0 spiro atoms. The lowest BCUT2D eigenvalue weighted by Gasteiger charge is -2.21. The second-order valence-electron chi connectivity index (χ2n) is 3.79. The zero-order valence-corrected chi connectivity index (χ0v) is 11.7. The summed E-state index contributed by atoms with van der Waals surface area (Å²) in [4.78, 5) is 24.3. The lowest BCUT2D eigenvalue weighted by atomic mass is 10.3. The van der Waals surface area contributed by atoms with Gasteiger partial charge in [-0.2, -0.15) is 0 Å². The van der Waals surface area contributed by atoms with E-state index in [4.69, 9.17) is 16.3 Å². The lowest BCUT2D eigenvalue weighted by Crippen LogP contribution is -2.37. The van der Waals surface area contributed by atoms with Crippen molar-refractivity contribution >= 4 is 29.3 Å². The molecule has 0 aromatic heterocycles. The standard InChI is InChI=1S/C13H17ClN2O3/c1-3-19-13(18)15-8-9-16(10(2)17)12-6-4-11(14)5-7-12/h4-7H,3,8-9H2,1-2H3,(H,15,18). The van der Waals surface area contributed by atoms with Crippen LogP contribution in [0.3, 0.4) is 0 Å². The Morgan fingerprint density at radius 2 is 1.95 bits per heavy atom. The summed E-state index contributed by atoms with van der Waals surface area (Å²) in [5.74, 6) is -0.104. The van der Waals surface area contributed by atoms with Crippen molar-refractivity contribution < 1.29 is 14.3 Å². The molecule has 0 atom stereocenters. The molecule has 0 bridgehead atoms.